The number of hydrogen-bond acceptors (Lipinski definition) is 0. The molecular formula is C28H48. The summed E-state index contributed by atoms with van der Waals surface area (Å²) in [5.41, 5.74) is 3.06. The van der Waals surface area contributed by atoms with Crippen LogP contribution in [0.3, 0.4) is 0 Å². The van der Waals surface area contributed by atoms with E-state index in [-0.39, 0.29) is 0 Å². The summed E-state index contributed by atoms with van der Waals surface area (Å²) < 4.78 is 0. The van der Waals surface area contributed by atoms with Gasteiger partial charge >= 0.3 is 0 Å². The molecule has 3 fully saturated rings. The molecule has 4 rings (SSSR count). The van der Waals surface area contributed by atoms with E-state index in [0.717, 1.165) is 41.4 Å². The molecule has 0 N–H and O–H groups in total. The van der Waals surface area contributed by atoms with Gasteiger partial charge in [0.1, 0.15) is 0 Å². The highest BCUT2D eigenvalue weighted by Crippen LogP contribution is 2.67. The van der Waals surface area contributed by atoms with Crippen LogP contribution < -0.4 is 0 Å². The van der Waals surface area contributed by atoms with Crippen LogP contribution in [0.2, 0.25) is 0 Å². The first-order chi connectivity index (χ1) is 13.3. The van der Waals surface area contributed by atoms with Gasteiger partial charge in [0.2, 0.25) is 0 Å². The van der Waals surface area contributed by atoms with Gasteiger partial charge in [-0.2, -0.15) is 0 Å². The maximum atomic E-state index is 2.75. The first-order valence-corrected chi connectivity index (χ1v) is 12.9. The van der Waals surface area contributed by atoms with E-state index in [1.807, 2.05) is 5.57 Å². The second-order valence-corrected chi connectivity index (χ2v) is 12.6. The predicted molar refractivity (Wildman–Crippen MR) is 122 cm³/mol. The van der Waals surface area contributed by atoms with Crippen molar-refractivity contribution >= 4 is 0 Å². The Morgan fingerprint density at radius 2 is 1.75 bits per heavy atom. The Labute approximate surface area is 176 Å². The van der Waals surface area contributed by atoms with Crippen molar-refractivity contribution in [2.75, 3.05) is 0 Å². The Balaban J connectivity index is 1.49. The van der Waals surface area contributed by atoms with Gasteiger partial charge in [0.05, 0.1) is 0 Å². The van der Waals surface area contributed by atoms with Crippen LogP contribution in [0.4, 0.5) is 0 Å². The molecule has 0 bridgehead atoms. The average Bonchev–Trinajstić information content (AvgIpc) is 2.99. The fraction of sp³-hybridized carbons (Fsp3) is 0.929. The molecule has 0 spiro atoms. The maximum absolute atomic E-state index is 2.75. The lowest BCUT2D eigenvalue weighted by molar-refractivity contribution is -0.0523. The molecule has 0 heteroatoms. The van der Waals surface area contributed by atoms with Gasteiger partial charge in [-0.1, -0.05) is 72.5 Å². The van der Waals surface area contributed by atoms with Crippen molar-refractivity contribution in [1.29, 1.82) is 0 Å². The number of allylic oxidation sites excluding steroid dienone is 2. The van der Waals surface area contributed by atoms with Crippen molar-refractivity contribution in [2.45, 2.75) is 112 Å². The monoisotopic (exact) mass is 384 g/mol. The van der Waals surface area contributed by atoms with Crippen molar-refractivity contribution in [3.8, 4) is 0 Å². The molecule has 0 saturated heterocycles. The molecule has 8 atom stereocenters. The molecule has 0 heterocycles. The predicted octanol–water partition coefficient (Wildman–Crippen LogP) is 8.66. The van der Waals surface area contributed by atoms with Crippen LogP contribution >= 0.6 is 0 Å². The summed E-state index contributed by atoms with van der Waals surface area (Å²) in [6.07, 6.45) is 19.0. The first kappa shape index (κ1) is 21.0. The van der Waals surface area contributed by atoms with Crippen LogP contribution in [0.1, 0.15) is 112 Å². The molecule has 3 saturated carbocycles. The summed E-state index contributed by atoms with van der Waals surface area (Å²) in [6, 6.07) is 0. The Morgan fingerprint density at radius 1 is 0.964 bits per heavy atom. The lowest BCUT2D eigenvalue weighted by atomic mass is 9.46. The van der Waals surface area contributed by atoms with Crippen molar-refractivity contribution in [2.24, 2.45) is 52.3 Å². The highest BCUT2D eigenvalue weighted by molar-refractivity contribution is 5.25. The summed E-state index contributed by atoms with van der Waals surface area (Å²) in [4.78, 5) is 0. The summed E-state index contributed by atoms with van der Waals surface area (Å²) >= 11 is 0. The maximum Gasteiger partial charge on any atom is -0.00851 e. The average molecular weight is 385 g/mol. The van der Waals surface area contributed by atoms with Gasteiger partial charge < -0.3 is 0 Å². The van der Waals surface area contributed by atoms with Crippen molar-refractivity contribution in [3.63, 3.8) is 0 Å². The van der Waals surface area contributed by atoms with Crippen molar-refractivity contribution < 1.29 is 0 Å². The Morgan fingerprint density at radius 3 is 2.50 bits per heavy atom. The zero-order chi connectivity index (χ0) is 20.1. The van der Waals surface area contributed by atoms with Gasteiger partial charge in [-0.05, 0) is 104 Å². The number of rotatable bonds is 5. The molecule has 0 nitrogen and oxygen atoms in total. The molecule has 4 aliphatic carbocycles. The van der Waals surface area contributed by atoms with Crippen LogP contribution in [0.5, 0.6) is 0 Å². The van der Waals surface area contributed by atoms with E-state index in [9.17, 15) is 0 Å². The molecule has 0 aromatic rings. The second-order valence-electron chi connectivity index (χ2n) is 12.6. The molecule has 0 aromatic carbocycles. The van der Waals surface area contributed by atoms with Gasteiger partial charge in [-0.15, -0.1) is 0 Å². The first-order valence-electron chi connectivity index (χ1n) is 12.9. The van der Waals surface area contributed by atoms with Gasteiger partial charge in [-0.25, -0.2) is 0 Å². The number of hydrogen-bond donors (Lipinski definition) is 0. The minimum Gasteiger partial charge on any atom is -0.0845 e. The SMILES string of the molecule is CC(C)CCCC(C)C1CCC2C3CC=C4C[C@@H](C)CC[C@@]4(C)C3CCC12C. The van der Waals surface area contributed by atoms with Crippen LogP contribution in [-0.4, -0.2) is 0 Å². The van der Waals surface area contributed by atoms with E-state index in [1.165, 1.54) is 70.6 Å². The molecule has 160 valence electrons. The molecule has 0 radical (unpaired) electrons. The van der Waals surface area contributed by atoms with E-state index in [4.69, 9.17) is 0 Å². The van der Waals surface area contributed by atoms with Crippen LogP contribution in [0, 0.1) is 52.3 Å². The van der Waals surface area contributed by atoms with Gasteiger partial charge in [0.15, 0.2) is 0 Å². The largest absolute Gasteiger partial charge is 0.0845 e. The van der Waals surface area contributed by atoms with E-state index >= 15 is 0 Å². The third-order valence-corrected chi connectivity index (χ3v) is 10.6. The molecule has 0 aromatic heterocycles. The third-order valence-electron chi connectivity index (χ3n) is 10.6. The zero-order valence-corrected chi connectivity index (χ0v) is 19.9. The summed E-state index contributed by atoms with van der Waals surface area (Å²) in [5.74, 6) is 6.73. The van der Waals surface area contributed by atoms with E-state index < -0.39 is 0 Å². The van der Waals surface area contributed by atoms with Crippen LogP contribution in [0.15, 0.2) is 11.6 Å². The fourth-order valence-electron chi connectivity index (χ4n) is 8.87. The van der Waals surface area contributed by atoms with Gasteiger partial charge in [-0.3, -0.25) is 0 Å². The van der Waals surface area contributed by atoms with Crippen LogP contribution in [0.25, 0.3) is 0 Å². The lowest BCUT2D eigenvalue weighted by Crippen LogP contribution is -2.50. The quantitative estimate of drug-likeness (QED) is 0.416. The minimum atomic E-state index is 0.553. The smallest absolute Gasteiger partial charge is 0.00851 e. The van der Waals surface area contributed by atoms with Crippen molar-refractivity contribution in [3.05, 3.63) is 11.6 Å². The van der Waals surface area contributed by atoms with Gasteiger partial charge in [0, 0.05) is 0 Å². The topological polar surface area (TPSA) is 0 Å². The second kappa shape index (κ2) is 7.77. The minimum absolute atomic E-state index is 0.553. The molecular weight excluding hydrogens is 336 g/mol. The summed E-state index contributed by atoms with van der Waals surface area (Å²) in [7, 11) is 0. The standard InChI is InChI=1S/C28H48/c1-19(2)8-7-9-21(4)24-12-13-25-23-11-10-22-18-20(3)14-16-27(22,5)26(23)15-17-28(24,25)6/h10,19-21,23-26H,7-9,11-18H2,1-6H3/t20-,21?,23?,24?,25?,26?,27+,28?/m0/s1. The lowest BCUT2D eigenvalue weighted by Gasteiger charge is -2.58. The fourth-order valence-corrected chi connectivity index (χ4v) is 8.87. The van der Waals surface area contributed by atoms with Crippen molar-refractivity contribution in [1.82, 2.24) is 0 Å². The molecule has 0 amide bonds. The number of fused-ring (bicyclic) bond motifs is 5. The summed E-state index contributed by atoms with van der Waals surface area (Å²) in [6.45, 7) is 15.3. The molecule has 6 unspecified atom stereocenters. The van der Waals surface area contributed by atoms with E-state index in [1.54, 1.807) is 0 Å². The van der Waals surface area contributed by atoms with Gasteiger partial charge in [0.25, 0.3) is 0 Å². The van der Waals surface area contributed by atoms with E-state index in [0.29, 0.717) is 10.8 Å². The highest BCUT2D eigenvalue weighted by atomic mass is 14.6. The Kier molecular flexibility index (Phi) is 5.83. The summed E-state index contributed by atoms with van der Waals surface area (Å²) in [5, 5.41) is 0. The Hall–Kier alpha value is -0.260. The highest BCUT2D eigenvalue weighted by Gasteiger charge is 2.58. The zero-order valence-electron chi connectivity index (χ0n) is 19.9. The third kappa shape index (κ3) is 3.43. The Bertz CT molecular complexity index is 585. The molecule has 28 heavy (non-hydrogen) atoms. The van der Waals surface area contributed by atoms with E-state index in [2.05, 4.69) is 47.6 Å². The molecule has 0 aliphatic heterocycles. The molecule has 4 aliphatic rings. The van der Waals surface area contributed by atoms with Crippen LogP contribution in [-0.2, 0) is 0 Å². The normalized spacial score (nSPS) is 46.5.